The van der Waals surface area contributed by atoms with Crippen LogP contribution in [0.2, 0.25) is 5.02 Å². The van der Waals surface area contributed by atoms with Crippen LogP contribution in [0, 0.1) is 0 Å². The summed E-state index contributed by atoms with van der Waals surface area (Å²) in [5, 5.41) is 3.17. The van der Waals surface area contributed by atoms with E-state index < -0.39 is 10.0 Å². The summed E-state index contributed by atoms with van der Waals surface area (Å²) in [6.45, 7) is 0.401. The summed E-state index contributed by atoms with van der Waals surface area (Å²) in [4.78, 5) is 15.7. The molecule has 0 saturated carbocycles. The highest BCUT2D eigenvalue weighted by atomic mass is 35.5. The van der Waals surface area contributed by atoms with E-state index in [9.17, 15) is 13.2 Å². The molecule has 0 unspecified atom stereocenters. The zero-order valence-corrected chi connectivity index (χ0v) is 13.8. The zero-order valence-electron chi connectivity index (χ0n) is 12.2. The Balaban J connectivity index is 1.77. The van der Waals surface area contributed by atoms with Crippen molar-refractivity contribution >= 4 is 27.5 Å². The molecule has 6 nitrogen and oxygen atoms in total. The molecule has 0 radical (unpaired) electrons. The quantitative estimate of drug-likeness (QED) is 0.793. The van der Waals surface area contributed by atoms with Crippen molar-refractivity contribution in [3.8, 4) is 0 Å². The molecular weight excluding hydrogens is 338 g/mol. The molecule has 0 aliphatic carbocycles. The van der Waals surface area contributed by atoms with Gasteiger partial charge < -0.3 is 5.32 Å². The van der Waals surface area contributed by atoms with Crippen LogP contribution in [-0.2, 0) is 21.4 Å². The number of aromatic nitrogens is 1. The normalized spacial score (nSPS) is 11.2. The predicted octanol–water partition coefficient (Wildman–Crippen LogP) is 1.72. The van der Waals surface area contributed by atoms with Gasteiger partial charge in [0.2, 0.25) is 15.9 Å². The number of carbonyl (C=O) groups is 1. The summed E-state index contributed by atoms with van der Waals surface area (Å²) in [6, 6.07) is 9.41. The summed E-state index contributed by atoms with van der Waals surface area (Å²) in [5.41, 5.74) is 0.926. The Labute approximate surface area is 139 Å². The number of sulfonamides is 1. The van der Waals surface area contributed by atoms with E-state index in [4.69, 9.17) is 11.6 Å². The second-order valence-electron chi connectivity index (χ2n) is 4.73. The molecule has 1 heterocycles. The zero-order chi connectivity index (χ0) is 16.7. The average Bonchev–Trinajstić information content (AvgIpc) is 2.54. The standard InChI is InChI=1S/C15H16ClN3O3S/c16-13-1-3-14(4-2-13)23(21,22)19-10-7-15(20)18-11-12-5-8-17-9-6-12/h1-6,8-9,19H,7,10-11H2,(H,18,20). The van der Waals surface area contributed by atoms with E-state index in [2.05, 4.69) is 15.0 Å². The molecule has 122 valence electrons. The summed E-state index contributed by atoms with van der Waals surface area (Å²) in [6.07, 6.45) is 3.33. The number of nitrogens with zero attached hydrogens (tertiary/aromatic N) is 1. The van der Waals surface area contributed by atoms with Gasteiger partial charge in [0, 0.05) is 36.9 Å². The lowest BCUT2D eigenvalue weighted by atomic mass is 10.2. The highest BCUT2D eigenvalue weighted by molar-refractivity contribution is 7.89. The van der Waals surface area contributed by atoms with Gasteiger partial charge in [0.25, 0.3) is 0 Å². The van der Waals surface area contributed by atoms with E-state index in [1.807, 2.05) is 0 Å². The monoisotopic (exact) mass is 353 g/mol. The highest BCUT2D eigenvalue weighted by Crippen LogP contribution is 2.13. The van der Waals surface area contributed by atoms with Crippen molar-refractivity contribution in [3.05, 3.63) is 59.4 Å². The van der Waals surface area contributed by atoms with Crippen molar-refractivity contribution in [2.45, 2.75) is 17.9 Å². The number of hydrogen-bond donors (Lipinski definition) is 2. The summed E-state index contributed by atoms with van der Waals surface area (Å²) >= 11 is 5.72. The third-order valence-electron chi connectivity index (χ3n) is 3.01. The number of pyridine rings is 1. The SMILES string of the molecule is O=C(CCNS(=O)(=O)c1ccc(Cl)cc1)NCc1ccncc1. The second kappa shape index (κ2) is 8.05. The Hall–Kier alpha value is -1.96. The predicted molar refractivity (Wildman–Crippen MR) is 87.3 cm³/mol. The number of nitrogens with one attached hydrogen (secondary N) is 2. The Morgan fingerprint density at radius 2 is 1.74 bits per heavy atom. The van der Waals surface area contributed by atoms with Gasteiger partial charge in [-0.05, 0) is 42.0 Å². The molecule has 2 aromatic rings. The maximum atomic E-state index is 12.0. The van der Waals surface area contributed by atoms with E-state index in [1.165, 1.54) is 24.3 Å². The lowest BCUT2D eigenvalue weighted by molar-refractivity contribution is -0.121. The van der Waals surface area contributed by atoms with Crippen LogP contribution in [-0.4, -0.2) is 25.9 Å². The van der Waals surface area contributed by atoms with E-state index >= 15 is 0 Å². The highest BCUT2D eigenvalue weighted by Gasteiger charge is 2.13. The summed E-state index contributed by atoms with van der Waals surface area (Å²) in [7, 11) is -3.64. The Kier molecular flexibility index (Phi) is 6.09. The fourth-order valence-corrected chi connectivity index (χ4v) is 2.94. The van der Waals surface area contributed by atoms with Crippen LogP contribution >= 0.6 is 11.6 Å². The first-order valence-electron chi connectivity index (χ1n) is 6.88. The topological polar surface area (TPSA) is 88.2 Å². The number of halogens is 1. The van der Waals surface area contributed by atoms with Gasteiger partial charge in [0.1, 0.15) is 0 Å². The fourth-order valence-electron chi connectivity index (χ4n) is 1.79. The first kappa shape index (κ1) is 17.4. The molecule has 1 aromatic heterocycles. The first-order valence-corrected chi connectivity index (χ1v) is 8.74. The molecule has 0 saturated heterocycles. The minimum atomic E-state index is -3.64. The number of amides is 1. The largest absolute Gasteiger partial charge is 0.352 e. The molecule has 0 aliphatic heterocycles. The summed E-state index contributed by atoms with van der Waals surface area (Å²) in [5.74, 6) is -0.236. The molecule has 2 rings (SSSR count). The second-order valence-corrected chi connectivity index (χ2v) is 6.94. The van der Waals surface area contributed by atoms with Crippen LogP contribution in [0.15, 0.2) is 53.7 Å². The van der Waals surface area contributed by atoms with Crippen molar-refractivity contribution < 1.29 is 13.2 Å². The van der Waals surface area contributed by atoms with E-state index in [0.717, 1.165) is 5.56 Å². The average molecular weight is 354 g/mol. The van der Waals surface area contributed by atoms with Gasteiger partial charge >= 0.3 is 0 Å². The van der Waals surface area contributed by atoms with Crippen LogP contribution < -0.4 is 10.0 Å². The molecular formula is C15H16ClN3O3S. The van der Waals surface area contributed by atoms with Gasteiger partial charge in [-0.15, -0.1) is 0 Å². The van der Waals surface area contributed by atoms with Gasteiger partial charge in [-0.3, -0.25) is 9.78 Å². The smallest absolute Gasteiger partial charge is 0.240 e. The molecule has 0 atom stereocenters. The third-order valence-corrected chi connectivity index (χ3v) is 4.74. The summed E-state index contributed by atoms with van der Waals surface area (Å²) < 4.78 is 26.4. The number of carbonyl (C=O) groups excluding carboxylic acids is 1. The molecule has 1 amide bonds. The van der Waals surface area contributed by atoms with E-state index in [1.54, 1.807) is 24.5 Å². The molecule has 0 aliphatic rings. The Morgan fingerprint density at radius 3 is 2.39 bits per heavy atom. The minimum absolute atomic E-state index is 0.0210. The first-order chi connectivity index (χ1) is 11.0. The van der Waals surface area contributed by atoms with Gasteiger partial charge in [-0.2, -0.15) is 0 Å². The van der Waals surface area contributed by atoms with Crippen molar-refractivity contribution in [3.63, 3.8) is 0 Å². The van der Waals surface area contributed by atoms with Crippen LogP contribution in [0.4, 0.5) is 0 Å². The van der Waals surface area contributed by atoms with Gasteiger partial charge in [-0.25, -0.2) is 13.1 Å². The third kappa shape index (κ3) is 5.63. The van der Waals surface area contributed by atoms with Crippen molar-refractivity contribution in [2.75, 3.05) is 6.54 Å². The number of hydrogen-bond acceptors (Lipinski definition) is 4. The Morgan fingerprint density at radius 1 is 1.09 bits per heavy atom. The fraction of sp³-hybridized carbons (Fsp3) is 0.200. The maximum Gasteiger partial charge on any atom is 0.240 e. The molecule has 2 N–H and O–H groups in total. The van der Waals surface area contributed by atoms with Crippen LogP contribution in [0.25, 0.3) is 0 Å². The molecule has 1 aromatic carbocycles. The Bertz CT molecular complexity index is 749. The van der Waals surface area contributed by atoms with Crippen molar-refractivity contribution in [1.29, 1.82) is 0 Å². The maximum absolute atomic E-state index is 12.0. The van der Waals surface area contributed by atoms with E-state index in [0.29, 0.717) is 11.6 Å². The van der Waals surface area contributed by atoms with E-state index in [-0.39, 0.29) is 23.8 Å². The number of benzene rings is 1. The molecule has 0 bridgehead atoms. The molecule has 23 heavy (non-hydrogen) atoms. The molecule has 0 spiro atoms. The molecule has 8 heteroatoms. The lowest BCUT2D eigenvalue weighted by Crippen LogP contribution is -2.30. The lowest BCUT2D eigenvalue weighted by Gasteiger charge is -2.08. The number of rotatable bonds is 7. The van der Waals surface area contributed by atoms with Crippen molar-refractivity contribution in [1.82, 2.24) is 15.0 Å². The van der Waals surface area contributed by atoms with Gasteiger partial charge in [-0.1, -0.05) is 11.6 Å². The van der Waals surface area contributed by atoms with Gasteiger partial charge in [0.15, 0.2) is 0 Å². The van der Waals surface area contributed by atoms with Crippen LogP contribution in [0.3, 0.4) is 0 Å². The van der Waals surface area contributed by atoms with Crippen molar-refractivity contribution in [2.24, 2.45) is 0 Å². The molecule has 0 fully saturated rings. The minimum Gasteiger partial charge on any atom is -0.352 e. The van der Waals surface area contributed by atoms with Gasteiger partial charge in [0.05, 0.1) is 4.90 Å². The van der Waals surface area contributed by atoms with Crippen LogP contribution in [0.1, 0.15) is 12.0 Å². The van der Waals surface area contributed by atoms with Crippen LogP contribution in [0.5, 0.6) is 0 Å².